The zero-order valence-electron chi connectivity index (χ0n) is 29.8. The van der Waals surface area contributed by atoms with Gasteiger partial charge in [0.25, 0.3) is 0 Å². The van der Waals surface area contributed by atoms with Gasteiger partial charge in [0.1, 0.15) is 11.2 Å². The van der Waals surface area contributed by atoms with Crippen molar-refractivity contribution in [2.24, 2.45) is 0 Å². The van der Waals surface area contributed by atoms with Gasteiger partial charge in [-0.3, -0.25) is 4.98 Å². The van der Waals surface area contributed by atoms with Gasteiger partial charge in [0, 0.05) is 39.9 Å². The van der Waals surface area contributed by atoms with Crippen molar-refractivity contribution in [2.75, 3.05) is 0 Å². The van der Waals surface area contributed by atoms with Gasteiger partial charge in [0.05, 0.1) is 11.4 Å². The molecule has 0 aliphatic heterocycles. The lowest BCUT2D eigenvalue weighted by Gasteiger charge is -2.14. The summed E-state index contributed by atoms with van der Waals surface area (Å²) in [5.41, 5.74) is 15.4. The van der Waals surface area contributed by atoms with Crippen LogP contribution in [0.2, 0.25) is 0 Å². The fourth-order valence-corrected chi connectivity index (χ4v) is 7.33. The molecule has 258 valence electrons. The van der Waals surface area contributed by atoms with Crippen LogP contribution in [0.25, 0.3) is 100 Å². The third kappa shape index (κ3) is 6.36. The van der Waals surface area contributed by atoms with E-state index in [2.05, 4.69) is 151 Å². The molecule has 10 rings (SSSR count). The van der Waals surface area contributed by atoms with Gasteiger partial charge in [0.2, 0.25) is 0 Å². The molecule has 0 fully saturated rings. The van der Waals surface area contributed by atoms with Gasteiger partial charge in [0.15, 0.2) is 5.82 Å². The van der Waals surface area contributed by atoms with Crippen molar-refractivity contribution >= 4 is 21.9 Å². The molecule has 0 aliphatic carbocycles. The Kier molecular flexibility index (Phi) is 8.12. The third-order valence-corrected chi connectivity index (χ3v) is 10.2. The predicted octanol–water partition coefficient (Wildman–Crippen LogP) is 13.4. The van der Waals surface area contributed by atoms with E-state index in [0.29, 0.717) is 5.82 Å². The Labute approximate surface area is 319 Å². The van der Waals surface area contributed by atoms with Crippen molar-refractivity contribution in [2.45, 2.75) is 0 Å². The topological polar surface area (TPSA) is 51.8 Å². The van der Waals surface area contributed by atoms with Crippen LogP contribution in [-0.4, -0.2) is 15.0 Å². The lowest BCUT2D eigenvalue weighted by molar-refractivity contribution is 0.669. The van der Waals surface area contributed by atoms with E-state index < -0.39 is 0 Å². The molecule has 0 spiro atoms. The molecule has 0 saturated heterocycles. The van der Waals surface area contributed by atoms with Crippen molar-refractivity contribution in [3.63, 3.8) is 0 Å². The van der Waals surface area contributed by atoms with E-state index in [0.717, 1.165) is 89.0 Å². The number of nitrogens with zero attached hydrogens (tertiary/aromatic N) is 3. The molecule has 4 heteroatoms. The summed E-state index contributed by atoms with van der Waals surface area (Å²) in [4.78, 5) is 14.7. The van der Waals surface area contributed by atoms with Gasteiger partial charge >= 0.3 is 0 Å². The van der Waals surface area contributed by atoms with Crippen LogP contribution in [-0.2, 0) is 0 Å². The van der Waals surface area contributed by atoms with Crippen LogP contribution < -0.4 is 0 Å². The van der Waals surface area contributed by atoms with Crippen LogP contribution in [0.1, 0.15) is 0 Å². The Bertz CT molecular complexity index is 2940. The van der Waals surface area contributed by atoms with E-state index in [-0.39, 0.29) is 0 Å². The highest BCUT2D eigenvalue weighted by Gasteiger charge is 2.15. The van der Waals surface area contributed by atoms with Crippen LogP contribution >= 0.6 is 0 Å². The minimum Gasteiger partial charge on any atom is -0.456 e. The molecule has 0 bridgehead atoms. The zero-order chi connectivity index (χ0) is 36.6. The molecule has 0 N–H and O–H groups in total. The minimum absolute atomic E-state index is 0.680. The number of fused-ring (bicyclic) bond motifs is 3. The molecule has 0 unspecified atom stereocenters. The SMILES string of the molecule is c1ccc(-c2ccc(-c3cc(-c4cc(-c5ccc(-c6cccnc6)cc5)cc(-c5ccc6oc7ccccc7c6c5)c4)nc(-c4ccccc4)n3)cc2)cc1. The fourth-order valence-electron chi connectivity index (χ4n) is 7.33. The van der Waals surface area contributed by atoms with Crippen LogP contribution in [0, 0.1) is 0 Å². The van der Waals surface area contributed by atoms with Crippen molar-refractivity contribution in [3.8, 4) is 78.4 Å². The maximum Gasteiger partial charge on any atom is 0.160 e. The largest absolute Gasteiger partial charge is 0.456 e. The summed E-state index contributed by atoms with van der Waals surface area (Å²) in [7, 11) is 0. The molecule has 10 aromatic rings. The van der Waals surface area contributed by atoms with E-state index >= 15 is 0 Å². The number of para-hydroxylation sites is 1. The second kappa shape index (κ2) is 13.8. The second-order valence-electron chi connectivity index (χ2n) is 13.7. The summed E-state index contributed by atoms with van der Waals surface area (Å²) in [6.07, 6.45) is 3.70. The third-order valence-electron chi connectivity index (χ3n) is 10.2. The molecular formula is C51H33N3O. The van der Waals surface area contributed by atoms with Gasteiger partial charge in [-0.2, -0.15) is 0 Å². The highest BCUT2D eigenvalue weighted by atomic mass is 16.3. The normalized spacial score (nSPS) is 11.3. The van der Waals surface area contributed by atoms with Crippen LogP contribution in [0.15, 0.2) is 205 Å². The first-order chi connectivity index (χ1) is 27.2. The Balaban J connectivity index is 1.14. The van der Waals surface area contributed by atoms with E-state index in [1.54, 1.807) is 6.20 Å². The molecule has 0 saturated carbocycles. The molecule has 3 aromatic heterocycles. The number of aromatic nitrogens is 3. The second-order valence-corrected chi connectivity index (χ2v) is 13.7. The highest BCUT2D eigenvalue weighted by molar-refractivity contribution is 6.06. The van der Waals surface area contributed by atoms with Crippen molar-refractivity contribution in [1.29, 1.82) is 0 Å². The average Bonchev–Trinajstić information content (AvgIpc) is 3.65. The number of hydrogen-bond acceptors (Lipinski definition) is 4. The summed E-state index contributed by atoms with van der Waals surface area (Å²) >= 11 is 0. The zero-order valence-corrected chi connectivity index (χ0v) is 29.8. The maximum atomic E-state index is 6.20. The Morgan fingerprint density at radius 2 is 0.818 bits per heavy atom. The van der Waals surface area contributed by atoms with Crippen molar-refractivity contribution in [3.05, 3.63) is 200 Å². The van der Waals surface area contributed by atoms with E-state index in [4.69, 9.17) is 14.4 Å². The van der Waals surface area contributed by atoms with Crippen molar-refractivity contribution < 1.29 is 4.42 Å². The van der Waals surface area contributed by atoms with E-state index in [1.165, 1.54) is 5.56 Å². The number of furan rings is 1. The number of hydrogen-bond donors (Lipinski definition) is 0. The maximum absolute atomic E-state index is 6.20. The van der Waals surface area contributed by atoms with E-state index in [9.17, 15) is 0 Å². The molecular weight excluding hydrogens is 671 g/mol. The van der Waals surface area contributed by atoms with Gasteiger partial charge < -0.3 is 4.42 Å². The summed E-state index contributed by atoms with van der Waals surface area (Å²) in [6.45, 7) is 0. The number of benzene rings is 7. The summed E-state index contributed by atoms with van der Waals surface area (Å²) in [5, 5.41) is 2.20. The summed E-state index contributed by atoms with van der Waals surface area (Å²) in [5.74, 6) is 0.680. The molecule has 55 heavy (non-hydrogen) atoms. The highest BCUT2D eigenvalue weighted by Crippen LogP contribution is 2.38. The summed E-state index contributed by atoms with van der Waals surface area (Å²) < 4.78 is 6.20. The molecule has 3 heterocycles. The first-order valence-electron chi connectivity index (χ1n) is 18.4. The minimum atomic E-state index is 0.680. The predicted molar refractivity (Wildman–Crippen MR) is 225 cm³/mol. The van der Waals surface area contributed by atoms with Crippen molar-refractivity contribution in [1.82, 2.24) is 15.0 Å². The quantitative estimate of drug-likeness (QED) is 0.166. The smallest absolute Gasteiger partial charge is 0.160 e. The lowest BCUT2D eigenvalue weighted by atomic mass is 9.93. The molecule has 7 aromatic carbocycles. The molecule has 0 atom stereocenters. The Hall–Kier alpha value is -7.43. The Morgan fingerprint density at radius 3 is 1.53 bits per heavy atom. The van der Waals surface area contributed by atoms with Gasteiger partial charge in [-0.05, 0) is 93.0 Å². The monoisotopic (exact) mass is 703 g/mol. The fraction of sp³-hybridized carbons (Fsp3) is 0. The molecule has 0 amide bonds. The average molecular weight is 704 g/mol. The standard InChI is InChI=1S/C51H33N3O/c1-3-10-34(11-4-1)35-21-23-38(24-22-35)47-32-48(54-51(53-47)39-12-5-2-6-13-39)44-29-42(37-19-17-36(18-20-37)41-14-9-27-52-33-41)28-43(30-44)40-25-26-50-46(31-40)45-15-7-8-16-49(45)55-50/h1-33H. The molecule has 0 radical (unpaired) electrons. The lowest BCUT2D eigenvalue weighted by Crippen LogP contribution is -1.96. The van der Waals surface area contributed by atoms with E-state index in [1.807, 2.05) is 48.7 Å². The van der Waals surface area contributed by atoms with Crippen LogP contribution in [0.3, 0.4) is 0 Å². The van der Waals surface area contributed by atoms with Crippen LogP contribution in [0.4, 0.5) is 0 Å². The first-order valence-corrected chi connectivity index (χ1v) is 18.4. The number of rotatable bonds is 7. The summed E-state index contributed by atoms with van der Waals surface area (Å²) in [6, 6.07) is 65.6. The van der Waals surface area contributed by atoms with Crippen LogP contribution in [0.5, 0.6) is 0 Å². The molecule has 4 nitrogen and oxygen atoms in total. The molecule has 0 aliphatic rings. The van der Waals surface area contributed by atoms with Gasteiger partial charge in [-0.1, -0.05) is 140 Å². The van der Waals surface area contributed by atoms with Gasteiger partial charge in [-0.15, -0.1) is 0 Å². The number of pyridine rings is 1. The first kappa shape index (κ1) is 32.2. The van der Waals surface area contributed by atoms with Gasteiger partial charge in [-0.25, -0.2) is 9.97 Å². The Morgan fingerprint density at radius 1 is 0.309 bits per heavy atom.